The molecule has 2 aliphatic heterocycles. The number of ether oxygens (including phenoxy) is 2. The van der Waals surface area contributed by atoms with Crippen molar-refractivity contribution >= 4 is 33.3 Å². The second kappa shape index (κ2) is 11.4. The van der Waals surface area contributed by atoms with Crippen molar-refractivity contribution in [1.29, 1.82) is 0 Å². The third-order valence-electron chi connectivity index (χ3n) is 6.54. The molecule has 0 bridgehead atoms. The molecule has 39 heavy (non-hydrogen) atoms. The Labute approximate surface area is 255 Å². The van der Waals surface area contributed by atoms with E-state index >= 15 is 0 Å². The summed E-state index contributed by atoms with van der Waals surface area (Å²) in [5.41, 5.74) is -0.965. The van der Waals surface area contributed by atoms with Gasteiger partial charge in [0.15, 0.2) is 5.60 Å². The number of benzene rings is 3. The summed E-state index contributed by atoms with van der Waals surface area (Å²) in [5, 5.41) is 51.5. The van der Waals surface area contributed by atoms with E-state index in [9.17, 15) is 34.0 Å². The minimum atomic E-state index is -4.23. The predicted octanol–water partition coefficient (Wildman–Crippen LogP) is -1.74. The van der Waals surface area contributed by atoms with E-state index < -0.39 is 58.8 Å². The van der Waals surface area contributed by atoms with Crippen molar-refractivity contribution in [3.63, 3.8) is 0 Å². The Morgan fingerprint density at radius 3 is 2.21 bits per heavy atom. The second-order valence-electron chi connectivity index (χ2n) is 8.82. The van der Waals surface area contributed by atoms with E-state index in [1.807, 2.05) is 0 Å². The molecule has 1 fully saturated rings. The summed E-state index contributed by atoms with van der Waals surface area (Å²) >= 11 is 12.6. The van der Waals surface area contributed by atoms with E-state index in [-0.39, 0.29) is 66.9 Å². The van der Waals surface area contributed by atoms with Gasteiger partial charge in [0.05, 0.1) is 11.6 Å². The number of rotatable bonds is 5. The Balaban J connectivity index is 0.00000353. The van der Waals surface area contributed by atoms with E-state index in [1.165, 1.54) is 42.5 Å². The number of hydrogen-bond acceptors (Lipinski definition) is 10. The Kier molecular flexibility index (Phi) is 8.95. The van der Waals surface area contributed by atoms with Crippen LogP contribution >= 0.6 is 23.2 Å². The topological polar surface area (TPSA) is 166 Å². The van der Waals surface area contributed by atoms with Crippen molar-refractivity contribution in [2.75, 3.05) is 6.61 Å². The molecule has 0 amide bonds. The Bertz CT molecular complexity index is 1490. The number of aliphatic hydroxyl groups is 4. The van der Waals surface area contributed by atoms with Gasteiger partial charge in [0, 0.05) is 10.6 Å². The summed E-state index contributed by atoms with van der Waals surface area (Å²) in [4.78, 5) is -0.0694. The van der Waals surface area contributed by atoms with Crippen LogP contribution in [0.1, 0.15) is 16.7 Å². The zero-order valence-corrected chi connectivity index (χ0v) is 24.6. The fraction of sp³-hybridized carbons (Fsp3) is 0.280. The predicted molar refractivity (Wildman–Crippen MR) is 131 cm³/mol. The molecule has 0 spiro atoms. The molecule has 0 radical (unpaired) electrons. The molecule has 2 heterocycles. The first-order chi connectivity index (χ1) is 18.0. The minimum Gasteiger partial charge on any atom is -0.871 e. The van der Waals surface area contributed by atoms with Gasteiger partial charge in [0.2, 0.25) is 6.29 Å². The van der Waals surface area contributed by atoms with Crippen molar-refractivity contribution in [1.82, 2.24) is 0 Å². The van der Waals surface area contributed by atoms with Crippen molar-refractivity contribution in [2.45, 2.75) is 41.2 Å². The summed E-state index contributed by atoms with van der Waals surface area (Å²) in [5.74, 6) is -0.474. The van der Waals surface area contributed by atoms with Crippen LogP contribution in [0.3, 0.4) is 0 Å². The van der Waals surface area contributed by atoms with Crippen LogP contribution in [-0.2, 0) is 24.6 Å². The van der Waals surface area contributed by atoms with Gasteiger partial charge in [0.1, 0.15) is 35.1 Å². The van der Waals surface area contributed by atoms with Crippen LogP contribution in [0.5, 0.6) is 11.5 Å². The maximum Gasteiger partial charge on any atom is 1.00 e. The van der Waals surface area contributed by atoms with E-state index in [0.29, 0.717) is 0 Å². The van der Waals surface area contributed by atoms with Crippen LogP contribution < -0.4 is 39.4 Å². The summed E-state index contributed by atoms with van der Waals surface area (Å²) < 4.78 is 42.9. The summed E-state index contributed by atoms with van der Waals surface area (Å²) in [6.07, 6.45) is -7.58. The van der Waals surface area contributed by atoms with Crippen molar-refractivity contribution < 1.29 is 77.2 Å². The maximum absolute atomic E-state index is 13.1. The first kappa shape index (κ1) is 30.5. The zero-order valence-electron chi connectivity index (χ0n) is 20.3. The molecule has 3 aromatic carbocycles. The van der Waals surface area contributed by atoms with Gasteiger partial charge in [-0.1, -0.05) is 65.3 Å². The molecule has 4 N–H and O–H groups in total. The number of fused-ring (bicyclic) bond motifs is 1. The van der Waals surface area contributed by atoms with E-state index in [2.05, 4.69) is 0 Å². The number of hydrogen-bond donors (Lipinski definition) is 4. The Morgan fingerprint density at radius 1 is 0.923 bits per heavy atom. The average Bonchev–Trinajstić information content (AvgIpc) is 3.15. The molecule has 14 heteroatoms. The maximum atomic E-state index is 13.1. The minimum absolute atomic E-state index is 0. The van der Waals surface area contributed by atoms with Gasteiger partial charge in [-0.05, 0) is 35.4 Å². The average molecular weight is 607 g/mol. The van der Waals surface area contributed by atoms with Gasteiger partial charge in [-0.25, -0.2) is 4.18 Å². The standard InChI is InChI=1S/C25H22Cl2O10S.Na/c26-15-9-12(5-7-17(15)29)25(14-3-1-2-4-20(14)38(33,34)37-25)13-6-8-18(16(27)10-13)35-24-23(32)22(31)21(30)19(11-28)36-24;/h1-10,19,21-24,28-32H,11H2;/q;+1/p-1/t19-,21+,22+,23-,24-,25?;/m1./s1. The van der Waals surface area contributed by atoms with Crippen LogP contribution in [0.25, 0.3) is 0 Å². The third-order valence-corrected chi connectivity index (χ3v) is 8.49. The smallest absolute Gasteiger partial charge is 0.871 e. The van der Waals surface area contributed by atoms with Gasteiger partial charge >= 0.3 is 29.6 Å². The van der Waals surface area contributed by atoms with Crippen LogP contribution in [0.2, 0.25) is 10.0 Å². The van der Waals surface area contributed by atoms with Gasteiger partial charge in [-0.2, -0.15) is 8.42 Å². The number of aliphatic hydroxyl groups excluding tert-OH is 4. The van der Waals surface area contributed by atoms with E-state index in [4.69, 9.17) is 36.9 Å². The Morgan fingerprint density at radius 2 is 1.56 bits per heavy atom. The fourth-order valence-electron chi connectivity index (χ4n) is 4.63. The Hall–Kier alpha value is -1.45. The largest absolute Gasteiger partial charge is 1.00 e. The molecule has 0 aromatic heterocycles. The summed E-state index contributed by atoms with van der Waals surface area (Å²) in [7, 11) is -4.23. The van der Waals surface area contributed by atoms with Gasteiger partial charge in [-0.15, -0.1) is 0 Å². The van der Waals surface area contributed by atoms with Gasteiger partial charge in [-0.3, -0.25) is 0 Å². The molecule has 1 unspecified atom stereocenters. The second-order valence-corrected chi connectivity index (χ2v) is 11.1. The van der Waals surface area contributed by atoms with E-state index in [1.54, 1.807) is 18.2 Å². The molecule has 10 nitrogen and oxygen atoms in total. The molecule has 0 aliphatic carbocycles. The zero-order chi connectivity index (χ0) is 27.4. The summed E-state index contributed by atoms with van der Waals surface area (Å²) in [6, 6.07) is 14.3. The van der Waals surface area contributed by atoms with Crippen LogP contribution in [-0.4, -0.2) is 66.2 Å². The summed E-state index contributed by atoms with van der Waals surface area (Å²) in [6.45, 7) is -0.643. The molecule has 5 rings (SSSR count). The molecule has 1 saturated heterocycles. The molecular weight excluding hydrogens is 586 g/mol. The molecule has 202 valence electrons. The number of halogens is 2. The van der Waals surface area contributed by atoms with E-state index in [0.717, 1.165) is 0 Å². The van der Waals surface area contributed by atoms with Crippen LogP contribution in [0, 0.1) is 0 Å². The van der Waals surface area contributed by atoms with Crippen molar-refractivity contribution in [2.24, 2.45) is 0 Å². The molecular formula is C25H21Cl2NaO10S. The SMILES string of the molecule is O=S1(=O)OC(c2ccc([O-])c(Cl)c2)(c2ccc(O[C@@H]3O[C@H](CO)[C@H](O)[C@H](O)[C@H]3O)c(Cl)c2)c2ccccc21.[Na+]. The monoisotopic (exact) mass is 606 g/mol. The van der Waals surface area contributed by atoms with Gasteiger partial charge < -0.3 is 35.0 Å². The molecule has 3 aromatic rings. The first-order valence-electron chi connectivity index (χ1n) is 11.3. The van der Waals surface area contributed by atoms with Crippen LogP contribution in [0.15, 0.2) is 65.6 Å². The third kappa shape index (κ3) is 5.21. The molecule has 0 saturated carbocycles. The molecule has 6 atom stereocenters. The van der Waals surface area contributed by atoms with Crippen molar-refractivity contribution in [3.8, 4) is 11.5 Å². The molecule has 2 aliphatic rings. The first-order valence-corrected chi connectivity index (χ1v) is 13.5. The normalized spacial score (nSPS) is 29.3. The quantitative estimate of drug-likeness (QED) is 0.193. The van der Waals surface area contributed by atoms with Gasteiger partial charge in [0.25, 0.3) is 10.1 Å². The fourth-order valence-corrected chi connectivity index (χ4v) is 6.46. The van der Waals surface area contributed by atoms with Crippen molar-refractivity contribution in [3.05, 3.63) is 87.4 Å². The van der Waals surface area contributed by atoms with Crippen LogP contribution in [0.4, 0.5) is 0 Å².